The van der Waals surface area contributed by atoms with E-state index in [1.54, 1.807) is 32.1 Å². The Hall–Kier alpha value is -1.53. The van der Waals surface area contributed by atoms with E-state index in [0.29, 0.717) is 17.9 Å². The van der Waals surface area contributed by atoms with Crippen molar-refractivity contribution < 1.29 is 14.6 Å². The van der Waals surface area contributed by atoms with Crippen molar-refractivity contribution >= 4 is 15.9 Å². The second-order valence-corrected chi connectivity index (χ2v) is 5.26. The molecular weight excluding hydrogens is 324 g/mol. The standard InChI is InChI=1S/C14H17BrN2O3/c1-17-14(10(15)8-16-17)11(18)6-9-4-5-12(19-2)13(7-9)20-3/h4-5,7-8,11,18H,6H2,1-3H3. The lowest BCUT2D eigenvalue weighted by molar-refractivity contribution is 0.167. The van der Waals surface area contributed by atoms with Crippen molar-refractivity contribution in [2.75, 3.05) is 14.2 Å². The summed E-state index contributed by atoms with van der Waals surface area (Å²) in [5.41, 5.74) is 1.71. The predicted molar refractivity (Wildman–Crippen MR) is 79.1 cm³/mol. The summed E-state index contributed by atoms with van der Waals surface area (Å²) < 4.78 is 12.9. The monoisotopic (exact) mass is 340 g/mol. The first-order valence-corrected chi connectivity index (χ1v) is 6.92. The lowest BCUT2D eigenvalue weighted by atomic mass is 10.0. The number of hydrogen-bond donors (Lipinski definition) is 1. The molecule has 1 aromatic carbocycles. The van der Waals surface area contributed by atoms with Crippen LogP contribution in [0.25, 0.3) is 0 Å². The van der Waals surface area contributed by atoms with Crippen LogP contribution in [-0.2, 0) is 13.5 Å². The van der Waals surface area contributed by atoms with E-state index in [1.165, 1.54) is 0 Å². The molecule has 0 spiro atoms. The molecule has 6 heteroatoms. The molecule has 108 valence electrons. The van der Waals surface area contributed by atoms with Gasteiger partial charge in [-0.1, -0.05) is 6.07 Å². The van der Waals surface area contributed by atoms with Crippen molar-refractivity contribution in [3.63, 3.8) is 0 Å². The third-order valence-electron chi connectivity index (χ3n) is 3.13. The molecule has 1 atom stereocenters. The van der Waals surface area contributed by atoms with Crippen LogP contribution in [0.2, 0.25) is 0 Å². The molecular formula is C14H17BrN2O3. The number of aliphatic hydroxyl groups is 1. The van der Waals surface area contributed by atoms with Crippen LogP contribution in [0.3, 0.4) is 0 Å². The summed E-state index contributed by atoms with van der Waals surface area (Å²) in [6.45, 7) is 0. The number of halogens is 1. The molecule has 0 aliphatic rings. The van der Waals surface area contributed by atoms with Gasteiger partial charge in [0, 0.05) is 13.5 Å². The van der Waals surface area contributed by atoms with Crippen molar-refractivity contribution in [2.45, 2.75) is 12.5 Å². The lowest BCUT2D eigenvalue weighted by Crippen LogP contribution is -2.08. The molecule has 1 heterocycles. The van der Waals surface area contributed by atoms with E-state index in [2.05, 4.69) is 21.0 Å². The van der Waals surface area contributed by atoms with E-state index in [4.69, 9.17) is 9.47 Å². The second-order valence-electron chi connectivity index (χ2n) is 4.41. The van der Waals surface area contributed by atoms with Gasteiger partial charge in [0.05, 0.1) is 30.6 Å². The molecule has 2 aromatic rings. The number of aliphatic hydroxyl groups excluding tert-OH is 1. The van der Waals surface area contributed by atoms with Gasteiger partial charge in [-0.05, 0) is 33.6 Å². The van der Waals surface area contributed by atoms with E-state index in [-0.39, 0.29) is 0 Å². The molecule has 0 fully saturated rings. The fourth-order valence-corrected chi connectivity index (χ4v) is 2.74. The highest BCUT2D eigenvalue weighted by molar-refractivity contribution is 9.10. The molecule has 0 amide bonds. The van der Waals surface area contributed by atoms with Gasteiger partial charge in [-0.2, -0.15) is 5.10 Å². The van der Waals surface area contributed by atoms with Gasteiger partial charge in [-0.3, -0.25) is 4.68 Å². The van der Waals surface area contributed by atoms with E-state index in [1.807, 2.05) is 18.2 Å². The quantitative estimate of drug-likeness (QED) is 0.908. The third kappa shape index (κ3) is 2.96. The minimum Gasteiger partial charge on any atom is -0.493 e. The second kappa shape index (κ2) is 6.28. The van der Waals surface area contributed by atoms with Crippen molar-refractivity contribution in [1.29, 1.82) is 0 Å². The van der Waals surface area contributed by atoms with Gasteiger partial charge in [0.25, 0.3) is 0 Å². The van der Waals surface area contributed by atoms with Crippen LogP contribution >= 0.6 is 15.9 Å². The minimum absolute atomic E-state index is 0.471. The van der Waals surface area contributed by atoms with E-state index < -0.39 is 6.10 Å². The number of rotatable bonds is 5. The van der Waals surface area contributed by atoms with Crippen LogP contribution in [0.4, 0.5) is 0 Å². The van der Waals surface area contributed by atoms with Gasteiger partial charge in [0.15, 0.2) is 11.5 Å². The number of benzene rings is 1. The predicted octanol–water partition coefficient (Wildman–Crippen LogP) is 2.48. The number of aromatic nitrogens is 2. The maximum atomic E-state index is 10.4. The van der Waals surface area contributed by atoms with E-state index >= 15 is 0 Å². The maximum Gasteiger partial charge on any atom is 0.160 e. The van der Waals surface area contributed by atoms with Crippen LogP contribution in [0, 0.1) is 0 Å². The first-order valence-electron chi connectivity index (χ1n) is 6.13. The van der Waals surface area contributed by atoms with Crippen LogP contribution in [0.1, 0.15) is 17.4 Å². The average molecular weight is 341 g/mol. The summed E-state index contributed by atoms with van der Waals surface area (Å²) in [5.74, 6) is 1.33. The third-order valence-corrected chi connectivity index (χ3v) is 3.74. The Balaban J connectivity index is 2.22. The van der Waals surface area contributed by atoms with Crippen molar-refractivity contribution in [3.8, 4) is 11.5 Å². The summed E-state index contributed by atoms with van der Waals surface area (Å²) in [4.78, 5) is 0. The minimum atomic E-state index is -0.644. The Morgan fingerprint density at radius 2 is 2.00 bits per heavy atom. The van der Waals surface area contributed by atoms with Crippen molar-refractivity contribution in [1.82, 2.24) is 9.78 Å². The molecule has 1 unspecified atom stereocenters. The zero-order valence-electron chi connectivity index (χ0n) is 11.6. The Labute approximate surface area is 126 Å². The molecule has 2 rings (SSSR count). The van der Waals surface area contributed by atoms with Gasteiger partial charge in [-0.25, -0.2) is 0 Å². The fraction of sp³-hybridized carbons (Fsp3) is 0.357. The normalized spacial score (nSPS) is 12.2. The molecule has 0 saturated carbocycles. The van der Waals surface area contributed by atoms with Gasteiger partial charge in [0.1, 0.15) is 6.10 Å². The molecule has 0 radical (unpaired) electrons. The van der Waals surface area contributed by atoms with E-state index in [0.717, 1.165) is 15.7 Å². The Kier molecular flexibility index (Phi) is 4.67. The summed E-state index contributed by atoms with van der Waals surface area (Å²) in [6.07, 6.45) is 1.50. The molecule has 0 bridgehead atoms. The highest BCUT2D eigenvalue weighted by atomic mass is 79.9. The number of hydrogen-bond acceptors (Lipinski definition) is 4. The first-order chi connectivity index (χ1) is 9.56. The van der Waals surface area contributed by atoms with Crippen LogP contribution in [-0.4, -0.2) is 29.1 Å². The van der Waals surface area contributed by atoms with Gasteiger partial charge >= 0.3 is 0 Å². The summed E-state index contributed by atoms with van der Waals surface area (Å²) >= 11 is 3.39. The van der Waals surface area contributed by atoms with E-state index in [9.17, 15) is 5.11 Å². The largest absolute Gasteiger partial charge is 0.493 e. The number of methoxy groups -OCH3 is 2. The highest BCUT2D eigenvalue weighted by Crippen LogP contribution is 2.30. The summed E-state index contributed by atoms with van der Waals surface area (Å²) in [6, 6.07) is 5.61. The van der Waals surface area contributed by atoms with Gasteiger partial charge < -0.3 is 14.6 Å². The SMILES string of the molecule is COc1ccc(CC(O)c2c(Br)cnn2C)cc1OC. The molecule has 20 heavy (non-hydrogen) atoms. The number of ether oxygens (including phenoxy) is 2. The summed E-state index contributed by atoms with van der Waals surface area (Å²) in [5, 5.41) is 14.5. The molecule has 0 aliphatic heterocycles. The maximum absolute atomic E-state index is 10.4. The number of nitrogens with zero attached hydrogens (tertiary/aromatic N) is 2. The van der Waals surface area contributed by atoms with Crippen molar-refractivity contribution in [3.05, 3.63) is 40.1 Å². The molecule has 0 aliphatic carbocycles. The smallest absolute Gasteiger partial charge is 0.160 e. The zero-order valence-corrected chi connectivity index (χ0v) is 13.2. The van der Waals surface area contributed by atoms with Crippen LogP contribution in [0.5, 0.6) is 11.5 Å². The first kappa shape index (κ1) is 14.9. The Morgan fingerprint density at radius 3 is 2.55 bits per heavy atom. The van der Waals surface area contributed by atoms with Crippen molar-refractivity contribution in [2.24, 2.45) is 7.05 Å². The van der Waals surface area contributed by atoms with Gasteiger partial charge in [-0.15, -0.1) is 0 Å². The lowest BCUT2D eigenvalue weighted by Gasteiger charge is -2.14. The Morgan fingerprint density at radius 1 is 1.30 bits per heavy atom. The van der Waals surface area contributed by atoms with Crippen LogP contribution in [0.15, 0.2) is 28.9 Å². The fourth-order valence-electron chi connectivity index (χ4n) is 2.12. The number of aryl methyl sites for hydroxylation is 1. The zero-order chi connectivity index (χ0) is 14.7. The topological polar surface area (TPSA) is 56.5 Å². The Bertz CT molecular complexity index is 579. The highest BCUT2D eigenvalue weighted by Gasteiger charge is 2.17. The molecule has 5 nitrogen and oxygen atoms in total. The summed E-state index contributed by atoms with van der Waals surface area (Å²) in [7, 11) is 4.99. The average Bonchev–Trinajstić information content (AvgIpc) is 2.78. The van der Waals surface area contributed by atoms with Crippen LogP contribution < -0.4 is 9.47 Å². The molecule has 0 saturated heterocycles. The molecule has 1 N–H and O–H groups in total. The molecule has 1 aromatic heterocycles. The van der Waals surface area contributed by atoms with Gasteiger partial charge in [0.2, 0.25) is 0 Å².